The Morgan fingerprint density at radius 1 is 1.28 bits per heavy atom. The lowest BCUT2D eigenvalue weighted by atomic mass is 9.96. The second-order valence-electron chi connectivity index (χ2n) is 4.48. The molecule has 1 atom stereocenters. The van der Waals surface area contributed by atoms with Crippen molar-refractivity contribution in [3.8, 4) is 0 Å². The number of nitrogens with one attached hydrogen (secondary N) is 1. The van der Waals surface area contributed by atoms with Gasteiger partial charge in [0.2, 0.25) is 0 Å². The van der Waals surface area contributed by atoms with E-state index < -0.39 is 0 Å². The van der Waals surface area contributed by atoms with E-state index >= 15 is 0 Å². The fourth-order valence-electron chi connectivity index (χ4n) is 1.84. The molecule has 0 saturated carbocycles. The number of rotatable bonds is 4. The number of hydrogen-bond acceptors (Lipinski definition) is 3. The van der Waals surface area contributed by atoms with E-state index in [-0.39, 0.29) is 11.9 Å². The van der Waals surface area contributed by atoms with E-state index in [0.29, 0.717) is 11.6 Å². The van der Waals surface area contributed by atoms with Gasteiger partial charge >= 0.3 is 0 Å². The van der Waals surface area contributed by atoms with Crippen molar-refractivity contribution in [2.45, 2.75) is 19.9 Å². The van der Waals surface area contributed by atoms with Crippen molar-refractivity contribution >= 4 is 17.2 Å². The zero-order valence-electron chi connectivity index (χ0n) is 10.5. The zero-order chi connectivity index (χ0) is 13.0. The fraction of sp³-hybridized carbons (Fsp3) is 0.286. The van der Waals surface area contributed by atoms with Gasteiger partial charge in [-0.1, -0.05) is 44.2 Å². The highest BCUT2D eigenvalue weighted by molar-refractivity contribution is 7.07. The number of thiazole rings is 1. The van der Waals surface area contributed by atoms with E-state index in [9.17, 15) is 4.79 Å². The van der Waals surface area contributed by atoms with Gasteiger partial charge in [-0.05, 0) is 11.5 Å². The van der Waals surface area contributed by atoms with Crippen LogP contribution in [0.25, 0.3) is 0 Å². The monoisotopic (exact) mass is 260 g/mol. The topological polar surface area (TPSA) is 42.0 Å². The molecule has 18 heavy (non-hydrogen) atoms. The maximum Gasteiger partial charge on any atom is 0.271 e. The number of hydrogen-bond donors (Lipinski definition) is 1. The van der Waals surface area contributed by atoms with Crippen molar-refractivity contribution in [2.24, 2.45) is 5.92 Å². The van der Waals surface area contributed by atoms with Crippen LogP contribution in [0.2, 0.25) is 0 Å². The predicted octanol–water partition coefficient (Wildman–Crippen LogP) is 3.27. The maximum absolute atomic E-state index is 12.0. The molecule has 0 spiro atoms. The van der Waals surface area contributed by atoms with Crippen LogP contribution in [0.15, 0.2) is 41.2 Å². The van der Waals surface area contributed by atoms with Crippen molar-refractivity contribution in [3.63, 3.8) is 0 Å². The molecule has 2 aromatic rings. The highest BCUT2D eigenvalue weighted by Gasteiger charge is 2.19. The third-order valence-corrected chi connectivity index (χ3v) is 3.36. The Kier molecular flexibility index (Phi) is 4.10. The van der Waals surface area contributed by atoms with E-state index in [4.69, 9.17) is 0 Å². The predicted molar refractivity (Wildman–Crippen MR) is 73.6 cm³/mol. The molecule has 1 N–H and O–H groups in total. The highest BCUT2D eigenvalue weighted by Crippen LogP contribution is 2.21. The molecule has 0 aliphatic rings. The van der Waals surface area contributed by atoms with Crippen molar-refractivity contribution in [1.82, 2.24) is 10.3 Å². The summed E-state index contributed by atoms with van der Waals surface area (Å²) in [7, 11) is 0. The Balaban J connectivity index is 2.15. The third kappa shape index (κ3) is 2.96. The summed E-state index contributed by atoms with van der Waals surface area (Å²) in [5, 5.41) is 4.80. The average Bonchev–Trinajstić information content (AvgIpc) is 2.90. The Morgan fingerprint density at radius 2 is 2.00 bits per heavy atom. The van der Waals surface area contributed by atoms with Crippen LogP contribution in [0.1, 0.15) is 35.9 Å². The lowest BCUT2D eigenvalue weighted by molar-refractivity contribution is 0.0921. The minimum atomic E-state index is -0.112. The Hall–Kier alpha value is -1.68. The largest absolute Gasteiger partial charge is 0.344 e. The van der Waals surface area contributed by atoms with Crippen LogP contribution in [-0.2, 0) is 0 Å². The molecule has 1 aromatic carbocycles. The minimum Gasteiger partial charge on any atom is -0.344 e. The van der Waals surface area contributed by atoms with Crippen LogP contribution in [0.5, 0.6) is 0 Å². The smallest absolute Gasteiger partial charge is 0.271 e. The molecule has 1 unspecified atom stereocenters. The van der Waals surface area contributed by atoms with Crippen LogP contribution < -0.4 is 5.32 Å². The molecule has 0 aliphatic carbocycles. The van der Waals surface area contributed by atoms with E-state index in [1.54, 1.807) is 10.9 Å². The van der Waals surface area contributed by atoms with Crippen LogP contribution in [0.3, 0.4) is 0 Å². The number of aromatic nitrogens is 1. The van der Waals surface area contributed by atoms with Gasteiger partial charge in [0, 0.05) is 5.38 Å². The van der Waals surface area contributed by atoms with Crippen LogP contribution in [0.4, 0.5) is 0 Å². The van der Waals surface area contributed by atoms with Crippen molar-refractivity contribution in [2.75, 3.05) is 0 Å². The SMILES string of the molecule is CC(C)C(NC(=O)c1cscn1)c1ccccc1. The van der Waals surface area contributed by atoms with Crippen molar-refractivity contribution in [1.29, 1.82) is 0 Å². The Bertz CT molecular complexity index is 494. The van der Waals surface area contributed by atoms with E-state index in [0.717, 1.165) is 5.56 Å². The van der Waals surface area contributed by atoms with Gasteiger partial charge in [-0.15, -0.1) is 11.3 Å². The lowest BCUT2D eigenvalue weighted by Gasteiger charge is -2.22. The first-order valence-electron chi connectivity index (χ1n) is 5.92. The number of carbonyl (C=O) groups is 1. The van der Waals surface area contributed by atoms with Gasteiger partial charge < -0.3 is 5.32 Å². The van der Waals surface area contributed by atoms with Crippen molar-refractivity contribution in [3.05, 3.63) is 52.5 Å². The standard InChI is InChI=1S/C14H16N2OS/c1-10(2)13(11-6-4-3-5-7-11)16-14(17)12-8-18-9-15-12/h3-10,13H,1-2H3,(H,16,17). The summed E-state index contributed by atoms with van der Waals surface area (Å²) in [6, 6.07) is 10.0. The number of nitrogens with zero attached hydrogens (tertiary/aromatic N) is 1. The molecule has 2 rings (SSSR count). The summed E-state index contributed by atoms with van der Waals surface area (Å²) in [6.45, 7) is 4.19. The van der Waals surface area contributed by atoms with Crippen LogP contribution in [0, 0.1) is 5.92 Å². The van der Waals surface area contributed by atoms with E-state index in [2.05, 4.69) is 24.1 Å². The van der Waals surface area contributed by atoms with Gasteiger partial charge in [0.05, 0.1) is 11.6 Å². The van der Waals surface area contributed by atoms with Gasteiger partial charge in [0.1, 0.15) is 5.69 Å². The maximum atomic E-state index is 12.0. The summed E-state index contributed by atoms with van der Waals surface area (Å²) in [5.74, 6) is 0.216. The highest BCUT2D eigenvalue weighted by atomic mass is 32.1. The molecule has 94 valence electrons. The first-order chi connectivity index (χ1) is 8.68. The van der Waals surface area contributed by atoms with Gasteiger partial charge in [-0.3, -0.25) is 4.79 Å². The van der Waals surface area contributed by atoms with E-state index in [1.165, 1.54) is 11.3 Å². The lowest BCUT2D eigenvalue weighted by Crippen LogP contribution is -2.31. The van der Waals surface area contributed by atoms with Gasteiger partial charge in [-0.2, -0.15) is 0 Å². The quantitative estimate of drug-likeness (QED) is 0.916. The Morgan fingerprint density at radius 3 is 2.56 bits per heavy atom. The molecule has 0 bridgehead atoms. The van der Waals surface area contributed by atoms with Gasteiger partial charge in [-0.25, -0.2) is 4.98 Å². The van der Waals surface area contributed by atoms with Crippen molar-refractivity contribution < 1.29 is 4.79 Å². The number of carbonyl (C=O) groups excluding carboxylic acids is 1. The van der Waals surface area contributed by atoms with Gasteiger partial charge in [0.15, 0.2) is 0 Å². The molecular formula is C14H16N2OS. The van der Waals surface area contributed by atoms with Gasteiger partial charge in [0.25, 0.3) is 5.91 Å². The molecule has 0 aliphatic heterocycles. The molecular weight excluding hydrogens is 244 g/mol. The summed E-state index contributed by atoms with van der Waals surface area (Å²) in [4.78, 5) is 16.1. The number of amides is 1. The first kappa shape index (κ1) is 12.8. The summed E-state index contributed by atoms with van der Waals surface area (Å²) in [6.07, 6.45) is 0. The fourth-order valence-corrected chi connectivity index (χ4v) is 2.37. The van der Waals surface area contributed by atoms with E-state index in [1.807, 2.05) is 30.3 Å². The normalized spacial score (nSPS) is 12.4. The third-order valence-electron chi connectivity index (χ3n) is 2.78. The first-order valence-corrected chi connectivity index (χ1v) is 6.86. The second-order valence-corrected chi connectivity index (χ2v) is 5.20. The molecule has 4 heteroatoms. The molecule has 1 amide bonds. The summed E-state index contributed by atoms with van der Waals surface area (Å²) >= 11 is 1.43. The zero-order valence-corrected chi connectivity index (χ0v) is 11.3. The summed E-state index contributed by atoms with van der Waals surface area (Å²) < 4.78 is 0. The molecule has 1 aromatic heterocycles. The number of benzene rings is 1. The average molecular weight is 260 g/mol. The molecule has 0 fully saturated rings. The second kappa shape index (κ2) is 5.78. The molecule has 0 radical (unpaired) electrons. The molecule has 0 saturated heterocycles. The Labute approximate surface area is 111 Å². The molecule has 1 heterocycles. The van der Waals surface area contributed by atoms with Crippen LogP contribution in [-0.4, -0.2) is 10.9 Å². The molecule has 3 nitrogen and oxygen atoms in total. The minimum absolute atomic E-state index is 0.0143. The van der Waals surface area contributed by atoms with Crippen LogP contribution >= 0.6 is 11.3 Å². The summed E-state index contributed by atoms with van der Waals surface area (Å²) in [5.41, 5.74) is 3.28.